The van der Waals surface area contributed by atoms with Gasteiger partial charge in [-0.1, -0.05) is 34.1 Å². The number of hydrogen-bond acceptors (Lipinski definition) is 2. The molecule has 4 nitrogen and oxygen atoms in total. The van der Waals surface area contributed by atoms with Crippen LogP contribution >= 0.6 is 15.9 Å². The third kappa shape index (κ3) is 3.47. The number of nitrogens with one attached hydrogen (secondary N) is 1. The van der Waals surface area contributed by atoms with Crippen LogP contribution < -0.4 is 11.1 Å². The molecular formula is C16H20BrN3O. The van der Waals surface area contributed by atoms with Crippen LogP contribution in [0.15, 0.2) is 41.0 Å². The van der Waals surface area contributed by atoms with Crippen molar-refractivity contribution in [3.8, 4) is 0 Å². The molecule has 1 aromatic carbocycles. The Balaban J connectivity index is 2.20. The molecule has 1 aromatic heterocycles. The van der Waals surface area contributed by atoms with Crippen molar-refractivity contribution in [2.24, 2.45) is 0 Å². The normalized spacial score (nSPS) is 12.4. The van der Waals surface area contributed by atoms with E-state index in [0.717, 1.165) is 10.0 Å². The van der Waals surface area contributed by atoms with Gasteiger partial charge in [0.25, 0.3) is 5.91 Å². The van der Waals surface area contributed by atoms with Gasteiger partial charge in [0.2, 0.25) is 0 Å². The quantitative estimate of drug-likeness (QED) is 0.878. The largest absolute Gasteiger partial charge is 0.397 e. The number of nitrogens with zero attached hydrogens (tertiary/aromatic N) is 1. The first-order valence-corrected chi connectivity index (χ1v) is 7.72. The van der Waals surface area contributed by atoms with E-state index in [-0.39, 0.29) is 18.0 Å². The van der Waals surface area contributed by atoms with Crippen LogP contribution in [0.3, 0.4) is 0 Å². The van der Waals surface area contributed by atoms with Gasteiger partial charge in [-0.25, -0.2) is 0 Å². The molecule has 2 aromatic rings. The van der Waals surface area contributed by atoms with Crippen LogP contribution in [-0.2, 0) is 0 Å². The Kier molecular flexibility index (Phi) is 4.73. The van der Waals surface area contributed by atoms with Gasteiger partial charge in [-0.05, 0) is 38.5 Å². The number of benzene rings is 1. The monoisotopic (exact) mass is 349 g/mol. The van der Waals surface area contributed by atoms with Crippen molar-refractivity contribution < 1.29 is 4.79 Å². The zero-order chi connectivity index (χ0) is 15.6. The Hall–Kier alpha value is -1.75. The smallest absolute Gasteiger partial charge is 0.268 e. The Morgan fingerprint density at radius 3 is 2.57 bits per heavy atom. The van der Waals surface area contributed by atoms with E-state index in [1.807, 2.05) is 49.6 Å². The number of nitrogens with two attached hydrogens (primary N) is 1. The van der Waals surface area contributed by atoms with Gasteiger partial charge in [0.15, 0.2) is 0 Å². The molecule has 5 heteroatoms. The predicted octanol–water partition coefficient (Wildman–Crippen LogP) is 3.90. The first-order chi connectivity index (χ1) is 9.90. The van der Waals surface area contributed by atoms with Crippen molar-refractivity contribution in [1.29, 1.82) is 0 Å². The molecule has 1 heterocycles. The molecule has 1 unspecified atom stereocenters. The van der Waals surface area contributed by atoms with Crippen molar-refractivity contribution in [3.05, 3.63) is 52.3 Å². The number of aromatic nitrogens is 1. The lowest BCUT2D eigenvalue weighted by Gasteiger charge is -2.18. The Morgan fingerprint density at radius 2 is 1.95 bits per heavy atom. The minimum atomic E-state index is -0.122. The molecule has 0 aliphatic rings. The topological polar surface area (TPSA) is 60.1 Å². The maximum Gasteiger partial charge on any atom is 0.268 e. The summed E-state index contributed by atoms with van der Waals surface area (Å²) in [5.74, 6) is -0.122. The molecule has 0 bridgehead atoms. The zero-order valence-electron chi connectivity index (χ0n) is 12.4. The van der Waals surface area contributed by atoms with Gasteiger partial charge in [-0.2, -0.15) is 0 Å². The number of amides is 1. The molecule has 21 heavy (non-hydrogen) atoms. The molecule has 0 radical (unpaired) electrons. The molecule has 3 N–H and O–H groups in total. The molecule has 0 saturated heterocycles. The van der Waals surface area contributed by atoms with E-state index >= 15 is 0 Å². The van der Waals surface area contributed by atoms with Gasteiger partial charge in [0.05, 0.1) is 11.7 Å². The van der Waals surface area contributed by atoms with Crippen LogP contribution in [-0.4, -0.2) is 10.5 Å². The highest BCUT2D eigenvalue weighted by molar-refractivity contribution is 9.10. The molecule has 0 fully saturated rings. The number of carbonyl (C=O) groups excluding carboxylic acids is 1. The molecular weight excluding hydrogens is 330 g/mol. The summed E-state index contributed by atoms with van der Waals surface area (Å²) in [6, 6.07) is 9.66. The Labute approximate surface area is 133 Å². The van der Waals surface area contributed by atoms with Gasteiger partial charge in [-0.3, -0.25) is 4.79 Å². The van der Waals surface area contributed by atoms with Gasteiger partial charge in [0, 0.05) is 16.7 Å². The first kappa shape index (κ1) is 15.6. The summed E-state index contributed by atoms with van der Waals surface area (Å²) in [5.41, 5.74) is 8.04. The van der Waals surface area contributed by atoms with E-state index in [1.54, 1.807) is 12.3 Å². The number of halogens is 1. The maximum absolute atomic E-state index is 12.5. The summed E-state index contributed by atoms with van der Waals surface area (Å²) in [4.78, 5) is 12.5. The summed E-state index contributed by atoms with van der Waals surface area (Å²) >= 11 is 3.51. The first-order valence-electron chi connectivity index (χ1n) is 6.92. The lowest BCUT2D eigenvalue weighted by Crippen LogP contribution is -2.29. The fraction of sp³-hybridized carbons (Fsp3) is 0.312. The van der Waals surface area contributed by atoms with E-state index in [0.29, 0.717) is 11.4 Å². The summed E-state index contributed by atoms with van der Waals surface area (Å²) in [6.07, 6.45) is 1.79. The number of anilines is 1. The van der Waals surface area contributed by atoms with Gasteiger partial charge in [-0.15, -0.1) is 0 Å². The van der Waals surface area contributed by atoms with E-state index in [2.05, 4.69) is 21.2 Å². The summed E-state index contributed by atoms with van der Waals surface area (Å²) in [5, 5.41) is 3.02. The fourth-order valence-corrected chi connectivity index (χ4v) is 2.91. The Morgan fingerprint density at radius 1 is 1.29 bits per heavy atom. The van der Waals surface area contributed by atoms with E-state index in [1.165, 1.54) is 0 Å². The lowest BCUT2D eigenvalue weighted by atomic mass is 10.1. The van der Waals surface area contributed by atoms with Gasteiger partial charge in [0.1, 0.15) is 5.69 Å². The van der Waals surface area contributed by atoms with Crippen LogP contribution in [0.2, 0.25) is 0 Å². The van der Waals surface area contributed by atoms with E-state index < -0.39 is 0 Å². The minimum Gasteiger partial charge on any atom is -0.397 e. The third-order valence-corrected chi connectivity index (χ3v) is 4.10. The number of nitrogen functional groups attached to an aromatic ring is 1. The molecule has 1 atom stereocenters. The van der Waals surface area contributed by atoms with Crippen LogP contribution in [0.5, 0.6) is 0 Å². The average molecular weight is 350 g/mol. The van der Waals surface area contributed by atoms with Gasteiger partial charge < -0.3 is 15.6 Å². The maximum atomic E-state index is 12.5. The van der Waals surface area contributed by atoms with Crippen LogP contribution in [0.1, 0.15) is 48.9 Å². The van der Waals surface area contributed by atoms with Crippen molar-refractivity contribution in [2.45, 2.75) is 32.9 Å². The highest BCUT2D eigenvalue weighted by Crippen LogP contribution is 2.24. The standard InChI is InChI=1S/C16H20BrN3O/c1-10(2)20-9-12(18)8-15(20)16(21)19-11(3)13-6-4-5-7-14(13)17/h4-11H,18H2,1-3H3,(H,19,21). The van der Waals surface area contributed by atoms with E-state index in [9.17, 15) is 4.79 Å². The second-order valence-electron chi connectivity index (χ2n) is 5.38. The fourth-order valence-electron chi connectivity index (χ4n) is 2.28. The number of carbonyl (C=O) groups is 1. The summed E-state index contributed by atoms with van der Waals surface area (Å²) < 4.78 is 2.87. The van der Waals surface area contributed by atoms with Crippen LogP contribution in [0.25, 0.3) is 0 Å². The molecule has 0 aliphatic carbocycles. The summed E-state index contributed by atoms with van der Waals surface area (Å²) in [7, 11) is 0. The second-order valence-corrected chi connectivity index (χ2v) is 6.23. The molecule has 112 valence electrons. The van der Waals surface area contributed by atoms with Crippen LogP contribution in [0, 0.1) is 0 Å². The third-order valence-electron chi connectivity index (χ3n) is 3.38. The predicted molar refractivity (Wildman–Crippen MR) is 89.3 cm³/mol. The van der Waals surface area contributed by atoms with Crippen molar-refractivity contribution in [2.75, 3.05) is 5.73 Å². The number of rotatable bonds is 4. The SMILES string of the molecule is CC(NC(=O)c1cc(N)cn1C(C)C)c1ccccc1Br. The number of hydrogen-bond donors (Lipinski definition) is 2. The van der Waals surface area contributed by atoms with Crippen molar-refractivity contribution >= 4 is 27.5 Å². The average Bonchev–Trinajstić information content (AvgIpc) is 2.81. The molecule has 0 saturated carbocycles. The molecule has 0 spiro atoms. The molecule has 2 rings (SSSR count). The Bertz CT molecular complexity index is 649. The van der Waals surface area contributed by atoms with Crippen LogP contribution in [0.4, 0.5) is 5.69 Å². The highest BCUT2D eigenvalue weighted by Gasteiger charge is 2.18. The summed E-state index contributed by atoms with van der Waals surface area (Å²) in [6.45, 7) is 6.00. The highest BCUT2D eigenvalue weighted by atomic mass is 79.9. The van der Waals surface area contributed by atoms with Gasteiger partial charge >= 0.3 is 0 Å². The minimum absolute atomic E-state index is 0.0928. The molecule has 0 aliphatic heterocycles. The van der Waals surface area contributed by atoms with Crippen molar-refractivity contribution in [3.63, 3.8) is 0 Å². The van der Waals surface area contributed by atoms with Crippen molar-refractivity contribution in [1.82, 2.24) is 9.88 Å². The zero-order valence-corrected chi connectivity index (χ0v) is 14.0. The second kappa shape index (κ2) is 6.35. The van der Waals surface area contributed by atoms with E-state index in [4.69, 9.17) is 5.73 Å². The molecule has 1 amide bonds. The lowest BCUT2D eigenvalue weighted by molar-refractivity contribution is 0.0929.